The van der Waals surface area contributed by atoms with Gasteiger partial charge in [0.25, 0.3) is 0 Å². The van der Waals surface area contributed by atoms with Crippen LogP contribution in [0.25, 0.3) is 11.0 Å². The van der Waals surface area contributed by atoms with Crippen molar-refractivity contribution in [3.05, 3.63) is 35.6 Å². The number of aromatic carboxylic acids is 1. The van der Waals surface area contributed by atoms with Gasteiger partial charge in [-0.05, 0) is 6.07 Å². The van der Waals surface area contributed by atoms with E-state index >= 15 is 0 Å². The number of carbonyl (C=O) groups is 1. The van der Waals surface area contributed by atoms with Gasteiger partial charge in [0.15, 0.2) is 0 Å². The van der Waals surface area contributed by atoms with Crippen LogP contribution in [0.5, 0.6) is 0 Å². The smallest absolute Gasteiger partial charge is 0.339 e. The number of hydrogen-bond donors (Lipinski definition) is 2. The van der Waals surface area contributed by atoms with Crippen molar-refractivity contribution in [2.45, 2.75) is 6.54 Å². The highest BCUT2D eigenvalue weighted by Crippen LogP contribution is 2.25. The van der Waals surface area contributed by atoms with Crippen LogP contribution in [0.1, 0.15) is 16.1 Å². The summed E-state index contributed by atoms with van der Waals surface area (Å²) in [6.07, 6.45) is 0. The number of ether oxygens (including phenoxy) is 1. The van der Waals surface area contributed by atoms with Gasteiger partial charge in [-0.3, -0.25) is 0 Å². The minimum absolute atomic E-state index is 0.232. The third-order valence-corrected chi connectivity index (χ3v) is 2.65. The molecule has 96 valence electrons. The quantitative estimate of drug-likeness (QED) is 0.765. The molecular formula is C13H15NO4. The maximum absolute atomic E-state index is 11.3. The van der Waals surface area contributed by atoms with Crippen molar-refractivity contribution < 1.29 is 19.1 Å². The van der Waals surface area contributed by atoms with Crippen LogP contribution in [0.3, 0.4) is 0 Å². The number of para-hydroxylation sites is 1. The molecule has 0 aliphatic rings. The van der Waals surface area contributed by atoms with Crippen molar-refractivity contribution >= 4 is 16.9 Å². The van der Waals surface area contributed by atoms with Crippen LogP contribution in [0.2, 0.25) is 0 Å². The summed E-state index contributed by atoms with van der Waals surface area (Å²) in [6, 6.07) is 7.13. The third kappa shape index (κ3) is 2.52. The summed E-state index contributed by atoms with van der Waals surface area (Å²) < 4.78 is 10.5. The number of methoxy groups -OCH3 is 1. The molecule has 0 saturated heterocycles. The summed E-state index contributed by atoms with van der Waals surface area (Å²) in [6.45, 7) is 1.59. The number of furan rings is 1. The van der Waals surface area contributed by atoms with E-state index in [-0.39, 0.29) is 5.56 Å². The van der Waals surface area contributed by atoms with Gasteiger partial charge in [0, 0.05) is 19.0 Å². The van der Waals surface area contributed by atoms with E-state index in [1.165, 1.54) is 0 Å². The van der Waals surface area contributed by atoms with Gasteiger partial charge in [0.2, 0.25) is 0 Å². The zero-order chi connectivity index (χ0) is 13.0. The molecule has 0 amide bonds. The number of hydrogen-bond acceptors (Lipinski definition) is 4. The summed E-state index contributed by atoms with van der Waals surface area (Å²) in [7, 11) is 1.62. The Kier molecular flexibility index (Phi) is 3.96. The lowest BCUT2D eigenvalue weighted by Gasteiger charge is -2.02. The average molecular weight is 249 g/mol. The third-order valence-electron chi connectivity index (χ3n) is 2.65. The van der Waals surface area contributed by atoms with Crippen molar-refractivity contribution in [2.24, 2.45) is 0 Å². The maximum atomic E-state index is 11.3. The molecule has 0 unspecified atom stereocenters. The Balaban J connectivity index is 2.25. The summed E-state index contributed by atoms with van der Waals surface area (Å²) >= 11 is 0. The highest BCUT2D eigenvalue weighted by atomic mass is 16.5. The molecule has 0 spiro atoms. The number of nitrogens with one attached hydrogen (secondary N) is 1. The second kappa shape index (κ2) is 5.66. The van der Waals surface area contributed by atoms with E-state index in [9.17, 15) is 9.90 Å². The zero-order valence-electron chi connectivity index (χ0n) is 10.1. The average Bonchev–Trinajstić information content (AvgIpc) is 2.73. The number of carboxylic acids is 1. The molecule has 0 bridgehead atoms. The highest BCUT2D eigenvalue weighted by Gasteiger charge is 2.19. The van der Waals surface area contributed by atoms with Crippen LogP contribution in [0.15, 0.2) is 28.7 Å². The molecule has 1 heterocycles. The Hall–Kier alpha value is -1.85. The van der Waals surface area contributed by atoms with Crippen LogP contribution in [0.4, 0.5) is 0 Å². The van der Waals surface area contributed by atoms with Crippen molar-refractivity contribution in [1.29, 1.82) is 0 Å². The molecule has 0 radical (unpaired) electrons. The van der Waals surface area contributed by atoms with Crippen molar-refractivity contribution in [3.63, 3.8) is 0 Å². The molecule has 0 fully saturated rings. The number of benzene rings is 1. The van der Waals surface area contributed by atoms with Gasteiger partial charge in [0.05, 0.1) is 13.2 Å². The predicted molar refractivity (Wildman–Crippen MR) is 66.8 cm³/mol. The molecule has 0 aliphatic heterocycles. The van der Waals surface area contributed by atoms with Crippen LogP contribution in [0, 0.1) is 0 Å². The molecule has 2 rings (SSSR count). The lowest BCUT2D eigenvalue weighted by molar-refractivity contribution is 0.0696. The molecule has 0 aliphatic carbocycles. The Bertz CT molecular complexity index is 547. The van der Waals surface area contributed by atoms with Gasteiger partial charge in [0.1, 0.15) is 16.9 Å². The van der Waals surface area contributed by atoms with Crippen LogP contribution in [-0.4, -0.2) is 31.3 Å². The van der Waals surface area contributed by atoms with Gasteiger partial charge in [-0.15, -0.1) is 0 Å². The van der Waals surface area contributed by atoms with E-state index in [0.717, 1.165) is 0 Å². The molecule has 5 nitrogen and oxygen atoms in total. The highest BCUT2D eigenvalue weighted by molar-refractivity contribution is 6.03. The number of rotatable bonds is 6. The molecule has 0 saturated carbocycles. The Morgan fingerprint density at radius 2 is 2.22 bits per heavy atom. The predicted octanol–water partition coefficient (Wildman–Crippen LogP) is 1.87. The Morgan fingerprint density at radius 1 is 1.44 bits per heavy atom. The van der Waals surface area contributed by atoms with Crippen molar-refractivity contribution in [3.8, 4) is 0 Å². The fourth-order valence-electron chi connectivity index (χ4n) is 1.83. The SMILES string of the molecule is COCCNCc1oc2ccccc2c1C(=O)O. The summed E-state index contributed by atoms with van der Waals surface area (Å²) in [4.78, 5) is 11.3. The summed E-state index contributed by atoms with van der Waals surface area (Å²) in [5.41, 5.74) is 0.828. The lowest BCUT2D eigenvalue weighted by atomic mass is 10.1. The van der Waals surface area contributed by atoms with Gasteiger partial charge < -0.3 is 19.6 Å². The fourth-order valence-corrected chi connectivity index (χ4v) is 1.83. The van der Waals surface area contributed by atoms with Gasteiger partial charge >= 0.3 is 5.97 Å². The largest absolute Gasteiger partial charge is 0.478 e. The van der Waals surface area contributed by atoms with E-state index in [0.29, 0.717) is 36.4 Å². The molecule has 2 N–H and O–H groups in total. The molecule has 1 aromatic heterocycles. The molecule has 0 atom stereocenters. The first kappa shape index (κ1) is 12.6. The summed E-state index contributed by atoms with van der Waals surface area (Å²) in [5.74, 6) is -0.525. The van der Waals surface area contributed by atoms with E-state index in [2.05, 4.69) is 5.32 Å². The zero-order valence-corrected chi connectivity index (χ0v) is 10.1. The number of fused-ring (bicyclic) bond motifs is 1. The Labute approximate surface area is 104 Å². The fraction of sp³-hybridized carbons (Fsp3) is 0.308. The molecule has 5 heteroatoms. The van der Waals surface area contributed by atoms with Crippen LogP contribution >= 0.6 is 0 Å². The van der Waals surface area contributed by atoms with E-state index in [4.69, 9.17) is 9.15 Å². The molecule has 2 aromatic rings. The monoisotopic (exact) mass is 249 g/mol. The van der Waals surface area contributed by atoms with Crippen molar-refractivity contribution in [1.82, 2.24) is 5.32 Å². The second-order valence-electron chi connectivity index (χ2n) is 3.87. The summed E-state index contributed by atoms with van der Waals surface area (Å²) in [5, 5.41) is 13.0. The molecule has 18 heavy (non-hydrogen) atoms. The first-order valence-electron chi connectivity index (χ1n) is 5.67. The van der Waals surface area contributed by atoms with E-state index in [1.54, 1.807) is 25.3 Å². The molecular weight excluding hydrogens is 234 g/mol. The van der Waals surface area contributed by atoms with Crippen molar-refractivity contribution in [2.75, 3.05) is 20.3 Å². The first-order chi connectivity index (χ1) is 8.74. The first-order valence-corrected chi connectivity index (χ1v) is 5.67. The van der Waals surface area contributed by atoms with E-state index in [1.807, 2.05) is 6.07 Å². The minimum atomic E-state index is -0.969. The van der Waals surface area contributed by atoms with Crippen LogP contribution < -0.4 is 5.32 Å². The topological polar surface area (TPSA) is 71.7 Å². The second-order valence-corrected chi connectivity index (χ2v) is 3.87. The maximum Gasteiger partial charge on any atom is 0.339 e. The minimum Gasteiger partial charge on any atom is -0.478 e. The van der Waals surface area contributed by atoms with E-state index < -0.39 is 5.97 Å². The standard InChI is InChI=1S/C13H15NO4/c1-17-7-6-14-8-11-12(13(15)16)9-4-2-3-5-10(9)18-11/h2-5,14H,6-8H2,1H3,(H,15,16). The normalized spacial score (nSPS) is 10.9. The van der Waals surface area contributed by atoms with Crippen LogP contribution in [-0.2, 0) is 11.3 Å². The van der Waals surface area contributed by atoms with Gasteiger partial charge in [-0.25, -0.2) is 4.79 Å². The Morgan fingerprint density at radius 3 is 2.94 bits per heavy atom. The number of carboxylic acid groups (broad SMARTS) is 1. The lowest BCUT2D eigenvalue weighted by Crippen LogP contribution is -2.19. The van der Waals surface area contributed by atoms with Gasteiger partial charge in [-0.2, -0.15) is 0 Å². The molecule has 1 aromatic carbocycles. The van der Waals surface area contributed by atoms with Gasteiger partial charge in [-0.1, -0.05) is 18.2 Å².